The predicted octanol–water partition coefficient (Wildman–Crippen LogP) is 5.85. The van der Waals surface area contributed by atoms with E-state index in [-0.39, 0.29) is 12.2 Å². The van der Waals surface area contributed by atoms with Gasteiger partial charge in [-0.2, -0.15) is 13.2 Å². The Labute approximate surface area is 192 Å². The number of amides is 1. The van der Waals surface area contributed by atoms with Crippen molar-refractivity contribution in [1.29, 1.82) is 0 Å². The number of carbonyl (C=O) groups is 1. The van der Waals surface area contributed by atoms with Crippen molar-refractivity contribution in [3.63, 3.8) is 0 Å². The first-order valence-electron chi connectivity index (χ1n) is 9.35. The van der Waals surface area contributed by atoms with Crippen LogP contribution in [0.3, 0.4) is 0 Å². The number of aryl methyl sites for hydroxylation is 1. The minimum absolute atomic E-state index is 0.00570. The second kappa shape index (κ2) is 8.51. The van der Waals surface area contributed by atoms with E-state index in [0.717, 1.165) is 37.2 Å². The Balaban J connectivity index is 1.65. The van der Waals surface area contributed by atoms with E-state index in [1.54, 1.807) is 0 Å². The molecule has 1 N–H and O–H groups in total. The number of halogens is 4. The van der Waals surface area contributed by atoms with Crippen molar-refractivity contribution in [3.8, 4) is 11.1 Å². The number of anilines is 1. The molecule has 4 rings (SSSR count). The van der Waals surface area contributed by atoms with Gasteiger partial charge in [0.25, 0.3) is 5.56 Å². The van der Waals surface area contributed by atoms with Crippen molar-refractivity contribution in [2.75, 3.05) is 5.32 Å². The zero-order valence-electron chi connectivity index (χ0n) is 16.5. The van der Waals surface area contributed by atoms with Crippen LogP contribution in [0.15, 0.2) is 64.1 Å². The summed E-state index contributed by atoms with van der Waals surface area (Å²) >= 11 is 4.77. The standard InChI is InChI=1S/C22H15BrF3N3O2S/c1-12-18(13-5-7-15(23)8-6-13)19-20(32-12)27-11-29(21(19)31)10-17(30)28-16-4-2-3-14(9-16)22(24,25)26/h2-9,11H,10H2,1H3,(H,28,30). The first-order valence-corrected chi connectivity index (χ1v) is 11.0. The van der Waals surface area contributed by atoms with Gasteiger partial charge in [-0.15, -0.1) is 11.3 Å². The molecule has 4 aromatic rings. The third kappa shape index (κ3) is 4.46. The van der Waals surface area contributed by atoms with E-state index in [2.05, 4.69) is 26.2 Å². The summed E-state index contributed by atoms with van der Waals surface area (Å²) in [6, 6.07) is 11.8. The maximum Gasteiger partial charge on any atom is 0.416 e. The van der Waals surface area contributed by atoms with Crippen LogP contribution in [0.5, 0.6) is 0 Å². The summed E-state index contributed by atoms with van der Waals surface area (Å²) in [6.07, 6.45) is -3.25. The average Bonchev–Trinajstić information content (AvgIpc) is 3.07. The van der Waals surface area contributed by atoms with Gasteiger partial charge in [0.2, 0.25) is 5.91 Å². The molecule has 2 aromatic heterocycles. The van der Waals surface area contributed by atoms with Crippen LogP contribution >= 0.6 is 27.3 Å². The van der Waals surface area contributed by atoms with Gasteiger partial charge in [-0.1, -0.05) is 34.1 Å². The number of aromatic nitrogens is 2. The van der Waals surface area contributed by atoms with Gasteiger partial charge < -0.3 is 5.32 Å². The molecule has 32 heavy (non-hydrogen) atoms. The van der Waals surface area contributed by atoms with E-state index >= 15 is 0 Å². The van der Waals surface area contributed by atoms with Gasteiger partial charge in [-0.3, -0.25) is 14.2 Å². The molecule has 0 fully saturated rings. The van der Waals surface area contributed by atoms with Gasteiger partial charge in [0.05, 0.1) is 17.3 Å². The minimum atomic E-state index is -4.52. The highest BCUT2D eigenvalue weighted by atomic mass is 79.9. The van der Waals surface area contributed by atoms with Crippen LogP contribution in [0.4, 0.5) is 18.9 Å². The Hall–Kier alpha value is -2.98. The highest BCUT2D eigenvalue weighted by Crippen LogP contribution is 2.36. The molecular formula is C22H15BrF3N3O2S. The third-order valence-corrected chi connectivity index (χ3v) is 6.32. The van der Waals surface area contributed by atoms with Crippen molar-refractivity contribution in [2.45, 2.75) is 19.6 Å². The SMILES string of the molecule is Cc1sc2ncn(CC(=O)Nc3cccc(C(F)(F)F)c3)c(=O)c2c1-c1ccc(Br)cc1. The number of carbonyl (C=O) groups excluding carboxylic acids is 1. The maximum absolute atomic E-state index is 13.2. The summed E-state index contributed by atoms with van der Waals surface area (Å²) < 4.78 is 40.7. The summed E-state index contributed by atoms with van der Waals surface area (Å²) in [6.45, 7) is 1.51. The smallest absolute Gasteiger partial charge is 0.325 e. The van der Waals surface area contributed by atoms with Crippen molar-refractivity contribution in [3.05, 3.63) is 80.1 Å². The van der Waals surface area contributed by atoms with Gasteiger partial charge in [-0.25, -0.2) is 4.98 Å². The number of fused-ring (bicyclic) bond motifs is 1. The second-order valence-corrected chi connectivity index (χ2v) is 9.14. The van der Waals surface area contributed by atoms with Gasteiger partial charge in [-0.05, 0) is 42.8 Å². The first-order chi connectivity index (χ1) is 15.1. The zero-order valence-corrected chi connectivity index (χ0v) is 18.9. The Morgan fingerprint density at radius 2 is 1.91 bits per heavy atom. The molecule has 1 amide bonds. The maximum atomic E-state index is 13.2. The van der Waals surface area contributed by atoms with Crippen molar-refractivity contribution < 1.29 is 18.0 Å². The van der Waals surface area contributed by atoms with Crippen LogP contribution in [0.25, 0.3) is 21.3 Å². The average molecular weight is 522 g/mol. The van der Waals surface area contributed by atoms with Crippen LogP contribution in [0.2, 0.25) is 0 Å². The highest BCUT2D eigenvalue weighted by Gasteiger charge is 2.30. The zero-order chi connectivity index (χ0) is 23.0. The van der Waals surface area contributed by atoms with E-state index in [4.69, 9.17) is 0 Å². The van der Waals surface area contributed by atoms with Gasteiger partial charge >= 0.3 is 6.18 Å². The summed E-state index contributed by atoms with van der Waals surface area (Å²) in [7, 11) is 0. The molecule has 5 nitrogen and oxygen atoms in total. The Morgan fingerprint density at radius 3 is 2.59 bits per heavy atom. The number of nitrogens with zero attached hydrogens (tertiary/aromatic N) is 2. The Morgan fingerprint density at radius 1 is 1.19 bits per heavy atom. The van der Waals surface area contributed by atoms with Crippen molar-refractivity contribution in [2.24, 2.45) is 0 Å². The predicted molar refractivity (Wildman–Crippen MR) is 122 cm³/mol. The lowest BCUT2D eigenvalue weighted by atomic mass is 10.0. The van der Waals surface area contributed by atoms with E-state index in [1.165, 1.54) is 29.8 Å². The normalized spacial score (nSPS) is 11.7. The van der Waals surface area contributed by atoms with Crippen LogP contribution in [-0.2, 0) is 17.5 Å². The quantitative estimate of drug-likeness (QED) is 0.366. The number of thiophene rings is 1. The van der Waals surface area contributed by atoms with Crippen LogP contribution < -0.4 is 10.9 Å². The van der Waals surface area contributed by atoms with Crippen LogP contribution in [-0.4, -0.2) is 15.5 Å². The first kappa shape index (κ1) is 22.2. The molecule has 0 saturated heterocycles. The molecule has 2 heterocycles. The van der Waals surface area contributed by atoms with E-state index in [0.29, 0.717) is 10.2 Å². The topological polar surface area (TPSA) is 64.0 Å². The van der Waals surface area contributed by atoms with Crippen molar-refractivity contribution >= 4 is 49.1 Å². The summed E-state index contributed by atoms with van der Waals surface area (Å²) in [5, 5.41) is 2.81. The van der Waals surface area contributed by atoms with Gasteiger partial charge in [0, 0.05) is 20.6 Å². The molecule has 0 spiro atoms. The summed E-state index contributed by atoms with van der Waals surface area (Å²) in [4.78, 5) is 31.4. The molecule has 0 atom stereocenters. The molecule has 0 aliphatic rings. The monoisotopic (exact) mass is 521 g/mol. The molecule has 2 aromatic carbocycles. The fourth-order valence-electron chi connectivity index (χ4n) is 3.34. The van der Waals surface area contributed by atoms with Gasteiger partial charge in [0.1, 0.15) is 11.4 Å². The van der Waals surface area contributed by atoms with Crippen LogP contribution in [0, 0.1) is 6.92 Å². The second-order valence-electron chi connectivity index (χ2n) is 7.02. The number of alkyl halides is 3. The lowest BCUT2D eigenvalue weighted by Gasteiger charge is -2.11. The molecule has 10 heteroatoms. The number of rotatable bonds is 4. The van der Waals surface area contributed by atoms with E-state index in [9.17, 15) is 22.8 Å². The largest absolute Gasteiger partial charge is 0.416 e. The number of nitrogens with one attached hydrogen (secondary N) is 1. The molecule has 0 aliphatic heterocycles. The van der Waals surface area contributed by atoms with E-state index < -0.39 is 23.2 Å². The molecule has 0 radical (unpaired) electrons. The Bertz CT molecular complexity index is 1380. The number of hydrogen-bond donors (Lipinski definition) is 1. The third-order valence-electron chi connectivity index (χ3n) is 4.78. The van der Waals surface area contributed by atoms with Gasteiger partial charge in [0.15, 0.2) is 0 Å². The van der Waals surface area contributed by atoms with Crippen LogP contribution in [0.1, 0.15) is 10.4 Å². The van der Waals surface area contributed by atoms with E-state index in [1.807, 2.05) is 31.2 Å². The highest BCUT2D eigenvalue weighted by molar-refractivity contribution is 9.10. The Kier molecular flexibility index (Phi) is 5.91. The lowest BCUT2D eigenvalue weighted by Crippen LogP contribution is -2.27. The fourth-order valence-corrected chi connectivity index (χ4v) is 4.61. The molecule has 0 bridgehead atoms. The molecule has 164 valence electrons. The minimum Gasteiger partial charge on any atom is -0.325 e. The number of benzene rings is 2. The molecule has 0 unspecified atom stereocenters. The van der Waals surface area contributed by atoms with Crippen molar-refractivity contribution in [1.82, 2.24) is 9.55 Å². The molecule has 0 saturated carbocycles. The fraction of sp³-hybridized carbons (Fsp3) is 0.136. The molecular weight excluding hydrogens is 507 g/mol. The summed E-state index contributed by atoms with van der Waals surface area (Å²) in [5.41, 5.74) is 0.332. The number of hydrogen-bond acceptors (Lipinski definition) is 4. The molecule has 0 aliphatic carbocycles. The summed E-state index contributed by atoms with van der Waals surface area (Å²) in [5.74, 6) is -0.635. The lowest BCUT2D eigenvalue weighted by molar-refractivity contribution is -0.137.